The Kier molecular flexibility index (Phi) is 4.34. The Morgan fingerprint density at radius 1 is 1.10 bits per heavy atom. The van der Waals surface area contributed by atoms with Crippen molar-refractivity contribution in [3.05, 3.63) is 35.4 Å². The lowest BCUT2D eigenvalue weighted by Gasteiger charge is -2.32. The molecule has 0 saturated carbocycles. The van der Waals surface area contributed by atoms with Crippen LogP contribution in [0.5, 0.6) is 0 Å². The molecule has 0 spiro atoms. The van der Waals surface area contributed by atoms with Crippen LogP contribution in [0.25, 0.3) is 0 Å². The predicted molar refractivity (Wildman–Crippen MR) is 86.2 cm³/mol. The summed E-state index contributed by atoms with van der Waals surface area (Å²) >= 11 is 0. The van der Waals surface area contributed by atoms with Gasteiger partial charge >= 0.3 is 0 Å². The Hall–Kier alpha value is -0.900. The van der Waals surface area contributed by atoms with Crippen molar-refractivity contribution in [2.75, 3.05) is 13.1 Å². The van der Waals surface area contributed by atoms with E-state index in [1.165, 1.54) is 24.0 Å². The van der Waals surface area contributed by atoms with Crippen molar-refractivity contribution in [1.29, 1.82) is 0 Å². The summed E-state index contributed by atoms with van der Waals surface area (Å²) in [6.07, 6.45) is 3.44. The molecule has 3 heteroatoms. The lowest BCUT2D eigenvalue weighted by molar-refractivity contribution is -0.0411. The second kappa shape index (κ2) is 6.07. The molecule has 0 aromatic heterocycles. The van der Waals surface area contributed by atoms with Gasteiger partial charge < -0.3 is 10.1 Å². The highest BCUT2D eigenvalue weighted by molar-refractivity contribution is 5.27. The van der Waals surface area contributed by atoms with E-state index < -0.39 is 0 Å². The molecule has 116 valence electrons. The lowest BCUT2D eigenvalue weighted by Crippen LogP contribution is -2.42. The smallest absolute Gasteiger partial charge is 0.0707 e. The van der Waals surface area contributed by atoms with Crippen LogP contribution in [-0.2, 0) is 17.8 Å². The Bertz CT molecular complexity index is 468. The fourth-order valence-electron chi connectivity index (χ4n) is 3.31. The van der Waals surface area contributed by atoms with Crippen LogP contribution in [0.4, 0.5) is 0 Å². The second-order valence-corrected chi connectivity index (χ2v) is 7.52. The quantitative estimate of drug-likeness (QED) is 0.922. The molecule has 3 rings (SSSR count). The van der Waals surface area contributed by atoms with Gasteiger partial charge in [0.2, 0.25) is 0 Å². The van der Waals surface area contributed by atoms with Gasteiger partial charge in [-0.15, -0.1) is 0 Å². The summed E-state index contributed by atoms with van der Waals surface area (Å²) in [5.41, 5.74) is 3.03. The number of nitrogens with zero attached hydrogens (tertiary/aromatic N) is 1. The van der Waals surface area contributed by atoms with Gasteiger partial charge in [0, 0.05) is 31.7 Å². The summed E-state index contributed by atoms with van der Waals surface area (Å²) < 4.78 is 5.93. The summed E-state index contributed by atoms with van der Waals surface area (Å²) in [7, 11) is 0. The largest absolute Gasteiger partial charge is 0.372 e. The van der Waals surface area contributed by atoms with E-state index in [0.29, 0.717) is 12.2 Å². The number of fused-ring (bicyclic) bond motifs is 2. The van der Waals surface area contributed by atoms with Crippen LogP contribution in [0.15, 0.2) is 24.3 Å². The van der Waals surface area contributed by atoms with Gasteiger partial charge in [-0.05, 0) is 44.7 Å². The Balaban J connectivity index is 1.65. The molecule has 3 nitrogen and oxygen atoms in total. The number of benzene rings is 1. The number of likely N-dealkylation sites (tertiary alicyclic amines) is 1. The molecule has 0 aliphatic carbocycles. The zero-order chi connectivity index (χ0) is 14.9. The van der Waals surface area contributed by atoms with Crippen molar-refractivity contribution in [2.45, 2.75) is 64.4 Å². The summed E-state index contributed by atoms with van der Waals surface area (Å²) in [6.45, 7) is 10.8. The van der Waals surface area contributed by atoms with Crippen LogP contribution in [0.3, 0.4) is 0 Å². The minimum absolute atomic E-state index is 0.158. The molecule has 2 heterocycles. The van der Waals surface area contributed by atoms with E-state index in [4.69, 9.17) is 4.74 Å². The first-order chi connectivity index (χ1) is 9.99. The Morgan fingerprint density at radius 3 is 2.33 bits per heavy atom. The van der Waals surface area contributed by atoms with Crippen molar-refractivity contribution in [2.24, 2.45) is 0 Å². The fourth-order valence-corrected chi connectivity index (χ4v) is 3.31. The number of morpholine rings is 1. The Labute approximate surface area is 128 Å². The van der Waals surface area contributed by atoms with Crippen molar-refractivity contribution in [3.63, 3.8) is 0 Å². The summed E-state index contributed by atoms with van der Waals surface area (Å²) in [4.78, 5) is 2.57. The van der Waals surface area contributed by atoms with Crippen molar-refractivity contribution >= 4 is 0 Å². The van der Waals surface area contributed by atoms with E-state index in [2.05, 4.69) is 55.3 Å². The van der Waals surface area contributed by atoms with Crippen LogP contribution >= 0.6 is 0 Å². The van der Waals surface area contributed by atoms with Gasteiger partial charge in [0.15, 0.2) is 0 Å². The first-order valence-electron chi connectivity index (χ1n) is 8.19. The molecule has 2 unspecified atom stereocenters. The van der Waals surface area contributed by atoms with E-state index in [0.717, 1.165) is 26.2 Å². The van der Waals surface area contributed by atoms with Gasteiger partial charge in [-0.3, -0.25) is 4.90 Å². The molecule has 0 radical (unpaired) electrons. The second-order valence-electron chi connectivity index (χ2n) is 7.52. The average molecular weight is 288 g/mol. The summed E-state index contributed by atoms with van der Waals surface area (Å²) in [5, 5.41) is 3.60. The third-order valence-electron chi connectivity index (χ3n) is 4.44. The lowest BCUT2D eigenvalue weighted by atomic mass is 10.0. The molecule has 2 fully saturated rings. The maximum Gasteiger partial charge on any atom is 0.0707 e. The number of nitrogens with one attached hydrogen (secondary N) is 1. The highest BCUT2D eigenvalue weighted by atomic mass is 16.5. The monoisotopic (exact) mass is 288 g/mol. The van der Waals surface area contributed by atoms with Crippen molar-refractivity contribution in [3.8, 4) is 0 Å². The summed E-state index contributed by atoms with van der Waals surface area (Å²) in [6, 6.07) is 8.83. The maximum atomic E-state index is 5.93. The zero-order valence-electron chi connectivity index (χ0n) is 13.6. The predicted octanol–water partition coefficient (Wildman–Crippen LogP) is 2.94. The van der Waals surface area contributed by atoms with Crippen LogP contribution in [0.1, 0.15) is 44.7 Å². The average Bonchev–Trinajstić information content (AvgIpc) is 2.76. The molecule has 2 atom stereocenters. The van der Waals surface area contributed by atoms with Gasteiger partial charge in [-0.1, -0.05) is 24.3 Å². The van der Waals surface area contributed by atoms with Crippen molar-refractivity contribution < 1.29 is 4.74 Å². The molecule has 1 aromatic carbocycles. The number of hydrogen-bond donors (Lipinski definition) is 1. The van der Waals surface area contributed by atoms with Gasteiger partial charge in [0.1, 0.15) is 0 Å². The standard InChI is InChI=1S/C18H28N2O/c1-18(2,3)19-10-14-6-4-5-7-15(14)11-20-12-16-8-9-17(13-20)21-16/h4-7,16-17,19H,8-13H2,1-3H3. The van der Waals surface area contributed by atoms with Crippen LogP contribution < -0.4 is 5.32 Å². The molecule has 1 aromatic rings. The maximum absolute atomic E-state index is 5.93. The van der Waals surface area contributed by atoms with Crippen LogP contribution in [0, 0.1) is 0 Å². The van der Waals surface area contributed by atoms with Crippen LogP contribution in [0.2, 0.25) is 0 Å². The zero-order valence-corrected chi connectivity index (χ0v) is 13.6. The topological polar surface area (TPSA) is 24.5 Å². The molecule has 1 N–H and O–H groups in total. The fraction of sp³-hybridized carbons (Fsp3) is 0.667. The summed E-state index contributed by atoms with van der Waals surface area (Å²) in [5.74, 6) is 0. The molecular formula is C18H28N2O. The van der Waals surface area contributed by atoms with Crippen molar-refractivity contribution in [1.82, 2.24) is 10.2 Å². The first-order valence-corrected chi connectivity index (χ1v) is 8.19. The normalized spacial score (nSPS) is 26.2. The van der Waals surface area contributed by atoms with E-state index in [1.54, 1.807) is 0 Å². The molecular weight excluding hydrogens is 260 g/mol. The van der Waals surface area contributed by atoms with E-state index in [1.807, 2.05) is 0 Å². The molecule has 2 aliphatic rings. The molecule has 0 amide bonds. The van der Waals surface area contributed by atoms with Gasteiger partial charge in [-0.2, -0.15) is 0 Å². The van der Waals surface area contributed by atoms with Gasteiger partial charge in [0.25, 0.3) is 0 Å². The molecule has 21 heavy (non-hydrogen) atoms. The molecule has 2 saturated heterocycles. The van der Waals surface area contributed by atoms with Crippen LogP contribution in [-0.4, -0.2) is 35.7 Å². The minimum atomic E-state index is 0.158. The highest BCUT2D eigenvalue weighted by Gasteiger charge is 2.33. The molecule has 2 bridgehead atoms. The molecule has 2 aliphatic heterocycles. The van der Waals surface area contributed by atoms with E-state index in [9.17, 15) is 0 Å². The van der Waals surface area contributed by atoms with E-state index in [-0.39, 0.29) is 5.54 Å². The number of hydrogen-bond acceptors (Lipinski definition) is 3. The minimum Gasteiger partial charge on any atom is -0.372 e. The number of rotatable bonds is 4. The van der Waals surface area contributed by atoms with E-state index >= 15 is 0 Å². The highest BCUT2D eigenvalue weighted by Crippen LogP contribution is 2.27. The SMILES string of the molecule is CC(C)(C)NCc1ccccc1CN1CC2CCC(C1)O2. The Morgan fingerprint density at radius 2 is 1.71 bits per heavy atom. The number of ether oxygens (including phenoxy) is 1. The third-order valence-corrected chi connectivity index (χ3v) is 4.44. The van der Waals surface area contributed by atoms with Gasteiger partial charge in [-0.25, -0.2) is 0 Å². The third kappa shape index (κ3) is 4.06. The first kappa shape index (κ1) is 15.0. The van der Waals surface area contributed by atoms with Gasteiger partial charge in [0.05, 0.1) is 12.2 Å².